The lowest BCUT2D eigenvalue weighted by Gasteiger charge is -2.27. The number of benzene rings is 3. The van der Waals surface area contributed by atoms with E-state index in [9.17, 15) is 13.2 Å². The summed E-state index contributed by atoms with van der Waals surface area (Å²) in [6.07, 6.45) is 0.0882. The third-order valence-corrected chi connectivity index (χ3v) is 9.49. The van der Waals surface area contributed by atoms with Gasteiger partial charge < -0.3 is 14.2 Å². The molecule has 10 nitrogen and oxygen atoms in total. The number of carbonyl (C=O) groups excluding carboxylic acids is 1. The van der Waals surface area contributed by atoms with Crippen molar-refractivity contribution >= 4 is 27.0 Å². The smallest absolute Gasteiger partial charge is 0.306 e. The summed E-state index contributed by atoms with van der Waals surface area (Å²) in [6, 6.07) is 16.0. The van der Waals surface area contributed by atoms with E-state index in [4.69, 9.17) is 14.2 Å². The number of aryl methyl sites for hydroxylation is 2. The third kappa shape index (κ3) is 5.51. The second-order valence-corrected chi connectivity index (χ2v) is 12.1. The Kier molecular flexibility index (Phi) is 8.01. The van der Waals surface area contributed by atoms with Crippen molar-refractivity contribution in [2.24, 2.45) is 7.05 Å². The van der Waals surface area contributed by atoms with Crippen LogP contribution < -0.4 is 9.47 Å². The molecule has 0 amide bonds. The normalized spacial score (nSPS) is 17.3. The number of nitrogens with zero attached hydrogens (tertiary/aromatic N) is 4. The lowest BCUT2D eigenvalue weighted by Crippen LogP contribution is -2.39. The Labute approximate surface area is 239 Å². The fourth-order valence-electron chi connectivity index (χ4n) is 5.27. The lowest BCUT2D eigenvalue weighted by molar-refractivity contribution is -0.143. The van der Waals surface area contributed by atoms with E-state index < -0.39 is 22.0 Å². The van der Waals surface area contributed by atoms with Gasteiger partial charge in [-0.15, -0.1) is 5.10 Å². The van der Waals surface area contributed by atoms with Gasteiger partial charge >= 0.3 is 5.97 Å². The molecule has 1 aliphatic rings. The molecule has 216 valence electrons. The van der Waals surface area contributed by atoms with Crippen LogP contribution in [0, 0.1) is 6.92 Å². The van der Waals surface area contributed by atoms with Crippen LogP contribution in [0.5, 0.6) is 11.5 Å². The molecule has 1 aliphatic heterocycles. The molecule has 2 heterocycles. The molecule has 2 unspecified atom stereocenters. The van der Waals surface area contributed by atoms with Crippen LogP contribution in [-0.2, 0) is 33.1 Å². The third-order valence-electron chi connectivity index (χ3n) is 7.49. The monoisotopic (exact) mass is 578 g/mol. The van der Waals surface area contributed by atoms with Crippen LogP contribution in [0.4, 0.5) is 0 Å². The van der Waals surface area contributed by atoms with Gasteiger partial charge in [0.15, 0.2) is 0 Å². The van der Waals surface area contributed by atoms with Gasteiger partial charge in [-0.1, -0.05) is 35.5 Å². The second-order valence-electron chi connectivity index (χ2n) is 10.2. The van der Waals surface area contributed by atoms with Gasteiger partial charge in [-0.05, 0) is 67.3 Å². The average molecular weight is 579 g/mol. The van der Waals surface area contributed by atoms with Gasteiger partial charge in [-0.25, -0.2) is 13.1 Å². The quantitative estimate of drug-likeness (QED) is 0.284. The first-order valence-corrected chi connectivity index (χ1v) is 14.9. The number of methoxy groups -OCH3 is 1. The highest BCUT2D eigenvalue weighted by Crippen LogP contribution is 2.37. The zero-order valence-electron chi connectivity index (χ0n) is 23.8. The van der Waals surface area contributed by atoms with Gasteiger partial charge in [0.25, 0.3) is 0 Å². The van der Waals surface area contributed by atoms with Gasteiger partial charge in [0.2, 0.25) is 10.0 Å². The molecule has 0 aliphatic carbocycles. The summed E-state index contributed by atoms with van der Waals surface area (Å²) >= 11 is 0. The van der Waals surface area contributed by atoms with E-state index in [1.54, 1.807) is 50.0 Å². The first-order chi connectivity index (χ1) is 19.6. The minimum Gasteiger partial charge on any atom is -0.494 e. The Hall–Kier alpha value is -3.96. The Morgan fingerprint density at radius 3 is 2.68 bits per heavy atom. The van der Waals surface area contributed by atoms with E-state index in [1.165, 1.54) is 4.31 Å². The number of para-hydroxylation sites is 1. The van der Waals surface area contributed by atoms with Gasteiger partial charge in [0.05, 0.1) is 26.2 Å². The van der Waals surface area contributed by atoms with Crippen LogP contribution in [0.25, 0.3) is 11.0 Å². The first-order valence-electron chi connectivity index (χ1n) is 13.5. The Morgan fingerprint density at radius 1 is 1.15 bits per heavy atom. The minimum atomic E-state index is -3.83. The summed E-state index contributed by atoms with van der Waals surface area (Å²) in [5.41, 5.74) is 4.83. The molecule has 0 N–H and O–H groups in total. The summed E-state index contributed by atoms with van der Waals surface area (Å²) in [5.74, 6) is 0.218. The maximum atomic E-state index is 13.8. The van der Waals surface area contributed by atoms with E-state index in [0.717, 1.165) is 27.8 Å². The number of sulfonamides is 1. The zero-order chi connectivity index (χ0) is 29.3. The topological polar surface area (TPSA) is 113 Å². The molecule has 0 radical (unpaired) electrons. The molecule has 0 saturated carbocycles. The van der Waals surface area contributed by atoms with Gasteiger partial charge in [-0.3, -0.25) is 4.79 Å². The fourth-order valence-corrected chi connectivity index (χ4v) is 7.00. The average Bonchev–Trinajstić information content (AvgIpc) is 3.30. The van der Waals surface area contributed by atoms with E-state index >= 15 is 0 Å². The van der Waals surface area contributed by atoms with Gasteiger partial charge in [0, 0.05) is 19.5 Å². The highest BCUT2D eigenvalue weighted by atomic mass is 32.2. The Morgan fingerprint density at radius 2 is 1.93 bits per heavy atom. The van der Waals surface area contributed by atoms with Crippen molar-refractivity contribution in [2.45, 2.75) is 50.6 Å². The standard InChI is InChI=1S/C30H34N4O6S/c1-6-39-29(35)16-24(22-14-25-30(27(15-22)38-5)33(4)32-31-25)21-12-11-19(2)23(13-21)17-34-20(3)18-40-26-9-7-8-10-28(26)41(34,36)37/h7-15,20,24H,6,16-18H2,1-5H3. The molecule has 5 rings (SSSR count). The summed E-state index contributed by atoms with van der Waals surface area (Å²) in [4.78, 5) is 12.9. The fraction of sp³-hybridized carbons (Fsp3) is 0.367. The molecule has 0 fully saturated rings. The lowest BCUT2D eigenvalue weighted by atomic mass is 9.86. The number of carbonyl (C=O) groups is 1. The number of aromatic nitrogens is 3. The molecule has 1 aromatic heterocycles. The van der Waals surface area contributed by atoms with Crippen molar-refractivity contribution < 1.29 is 27.4 Å². The number of hydrogen-bond acceptors (Lipinski definition) is 8. The van der Waals surface area contributed by atoms with E-state index in [-0.39, 0.29) is 37.0 Å². The molecule has 0 bridgehead atoms. The largest absolute Gasteiger partial charge is 0.494 e. The molecule has 0 spiro atoms. The number of esters is 1. The van der Waals surface area contributed by atoms with Crippen LogP contribution in [0.3, 0.4) is 0 Å². The maximum absolute atomic E-state index is 13.8. The summed E-state index contributed by atoms with van der Waals surface area (Å²) < 4.78 is 47.5. The SMILES string of the molecule is CCOC(=O)CC(c1ccc(C)c(CN2C(C)COc3ccccc3S2(=O)=O)c1)c1cc(OC)c2c(c1)nnn2C. The first kappa shape index (κ1) is 28.6. The molecule has 3 aromatic carbocycles. The van der Waals surface area contributed by atoms with E-state index in [0.29, 0.717) is 17.0 Å². The van der Waals surface area contributed by atoms with Crippen molar-refractivity contribution in [3.05, 3.63) is 76.9 Å². The Balaban J connectivity index is 1.57. The molecule has 41 heavy (non-hydrogen) atoms. The zero-order valence-corrected chi connectivity index (χ0v) is 24.6. The predicted molar refractivity (Wildman–Crippen MR) is 153 cm³/mol. The molecule has 4 aromatic rings. The summed E-state index contributed by atoms with van der Waals surface area (Å²) in [5, 5.41) is 8.40. The minimum absolute atomic E-state index is 0.0882. The van der Waals surface area contributed by atoms with Crippen LogP contribution in [0.15, 0.2) is 59.5 Å². The van der Waals surface area contributed by atoms with Crippen molar-refractivity contribution in [1.29, 1.82) is 0 Å². The molecule has 0 saturated heterocycles. The number of fused-ring (bicyclic) bond motifs is 2. The van der Waals surface area contributed by atoms with Crippen LogP contribution in [-0.4, -0.2) is 60.1 Å². The van der Waals surface area contributed by atoms with E-state index in [2.05, 4.69) is 10.3 Å². The Bertz CT molecular complexity index is 1700. The number of rotatable bonds is 8. The van der Waals surface area contributed by atoms with Crippen LogP contribution >= 0.6 is 0 Å². The maximum Gasteiger partial charge on any atom is 0.306 e. The van der Waals surface area contributed by atoms with Crippen LogP contribution in [0.2, 0.25) is 0 Å². The number of hydrogen-bond donors (Lipinski definition) is 0. The molecule has 11 heteroatoms. The van der Waals surface area contributed by atoms with Crippen molar-refractivity contribution in [3.63, 3.8) is 0 Å². The highest BCUT2D eigenvalue weighted by Gasteiger charge is 2.35. The summed E-state index contributed by atoms with van der Waals surface area (Å²) in [7, 11) is -0.449. The molecular formula is C30H34N4O6S. The van der Waals surface area contributed by atoms with Crippen molar-refractivity contribution in [3.8, 4) is 11.5 Å². The van der Waals surface area contributed by atoms with Crippen molar-refractivity contribution in [1.82, 2.24) is 19.3 Å². The predicted octanol–water partition coefficient (Wildman–Crippen LogP) is 4.34. The molecule has 2 atom stereocenters. The van der Waals surface area contributed by atoms with Gasteiger partial charge in [-0.2, -0.15) is 4.31 Å². The van der Waals surface area contributed by atoms with Crippen LogP contribution in [0.1, 0.15) is 48.4 Å². The van der Waals surface area contributed by atoms with E-state index in [1.807, 2.05) is 44.2 Å². The summed E-state index contributed by atoms with van der Waals surface area (Å²) in [6.45, 7) is 6.22. The van der Waals surface area contributed by atoms with Crippen molar-refractivity contribution in [2.75, 3.05) is 20.3 Å². The molecular weight excluding hydrogens is 544 g/mol. The highest BCUT2D eigenvalue weighted by molar-refractivity contribution is 7.89. The van der Waals surface area contributed by atoms with Gasteiger partial charge in [0.1, 0.15) is 34.0 Å². The second kappa shape index (κ2) is 11.5. The number of ether oxygens (including phenoxy) is 3.